The highest BCUT2D eigenvalue weighted by Crippen LogP contribution is 2.38. The second-order valence-corrected chi connectivity index (χ2v) is 7.90. The van der Waals surface area contributed by atoms with E-state index in [1.54, 1.807) is 0 Å². The van der Waals surface area contributed by atoms with E-state index in [-0.39, 0.29) is 11.0 Å². The highest BCUT2D eigenvalue weighted by Gasteiger charge is 2.21. The molecule has 8 heteroatoms. The van der Waals surface area contributed by atoms with Gasteiger partial charge in [0, 0.05) is 11.1 Å². The maximum absolute atomic E-state index is 10.9. The number of nitrogens with zero attached hydrogens (tertiary/aromatic N) is 3. The van der Waals surface area contributed by atoms with Gasteiger partial charge in [-0.15, -0.1) is 10.2 Å². The lowest BCUT2D eigenvalue weighted by Gasteiger charge is -2.24. The molecule has 0 aliphatic carbocycles. The van der Waals surface area contributed by atoms with Crippen molar-refractivity contribution in [3.63, 3.8) is 0 Å². The number of para-hydroxylation sites is 1. The standard InChI is InChI=1S/C22H25N5O2S/c1-15-6-5-8-18(16(15)2)23-22(30)25-24-20-17-7-3-4-9-19(17)27(21(20)28)14-26-10-12-29-13-11-26/h3-9,28H,10-14H2,1-2H3,(H,23,30)/p+1. The predicted octanol–water partition coefficient (Wildman–Crippen LogP) is 3.32. The van der Waals surface area contributed by atoms with Crippen molar-refractivity contribution in [2.24, 2.45) is 10.2 Å². The molecule has 7 nitrogen and oxygen atoms in total. The Bertz CT molecular complexity index is 1100. The molecule has 2 aromatic carbocycles. The van der Waals surface area contributed by atoms with Gasteiger partial charge in [-0.3, -0.25) is 4.57 Å². The van der Waals surface area contributed by atoms with E-state index in [0.717, 1.165) is 48.5 Å². The molecular formula is C22H26N5O2S+. The number of hydrogen-bond acceptors (Lipinski definition) is 4. The quantitative estimate of drug-likeness (QED) is 0.444. The monoisotopic (exact) mass is 424 g/mol. The minimum atomic E-state index is 0.105. The number of aromatic hydroxyl groups is 1. The number of fused-ring (bicyclic) bond motifs is 1. The molecular weight excluding hydrogens is 398 g/mol. The maximum atomic E-state index is 10.9. The highest BCUT2D eigenvalue weighted by atomic mass is 32.1. The molecule has 4 rings (SSSR count). The lowest BCUT2D eigenvalue weighted by atomic mass is 10.1. The molecule has 0 bridgehead atoms. The van der Waals surface area contributed by atoms with Crippen LogP contribution in [0, 0.1) is 13.8 Å². The molecule has 156 valence electrons. The summed E-state index contributed by atoms with van der Waals surface area (Å²) in [6, 6.07) is 13.8. The van der Waals surface area contributed by atoms with Gasteiger partial charge in [-0.25, -0.2) is 0 Å². The van der Waals surface area contributed by atoms with Crippen LogP contribution in [0.3, 0.4) is 0 Å². The Morgan fingerprint density at radius 2 is 1.93 bits per heavy atom. The molecule has 1 aliphatic rings. The van der Waals surface area contributed by atoms with Gasteiger partial charge in [-0.2, -0.15) is 0 Å². The summed E-state index contributed by atoms with van der Waals surface area (Å²) in [5.41, 5.74) is 4.55. The number of anilines is 1. The molecule has 0 radical (unpaired) electrons. The van der Waals surface area contributed by atoms with Gasteiger partial charge in [0.1, 0.15) is 13.1 Å². The van der Waals surface area contributed by atoms with Crippen molar-refractivity contribution in [3.8, 4) is 5.88 Å². The third-order valence-corrected chi connectivity index (χ3v) is 5.77. The van der Waals surface area contributed by atoms with Gasteiger partial charge in [-0.05, 0) is 49.3 Å². The lowest BCUT2D eigenvalue weighted by Crippen LogP contribution is -3.13. The first-order valence-electron chi connectivity index (χ1n) is 10.0. The molecule has 0 unspecified atom stereocenters. The van der Waals surface area contributed by atoms with Crippen molar-refractivity contribution >= 4 is 39.6 Å². The first-order chi connectivity index (χ1) is 14.5. The molecule has 3 aromatic rings. The largest absolute Gasteiger partial charge is 0.493 e. The zero-order valence-electron chi connectivity index (χ0n) is 17.2. The second-order valence-electron chi connectivity index (χ2n) is 7.52. The van der Waals surface area contributed by atoms with Crippen LogP contribution in [0.25, 0.3) is 10.9 Å². The Hall–Kier alpha value is -2.81. The fourth-order valence-electron chi connectivity index (χ4n) is 3.69. The van der Waals surface area contributed by atoms with Crippen LogP contribution in [0.5, 0.6) is 5.88 Å². The maximum Gasteiger partial charge on any atom is 0.225 e. The highest BCUT2D eigenvalue weighted by molar-refractivity contribution is 7.80. The number of morpholine rings is 1. The normalized spacial score (nSPS) is 15.1. The number of nitrogens with one attached hydrogen (secondary N) is 2. The molecule has 2 heterocycles. The number of ether oxygens (including phenoxy) is 1. The number of azo groups is 1. The van der Waals surface area contributed by atoms with E-state index in [9.17, 15) is 5.11 Å². The molecule has 30 heavy (non-hydrogen) atoms. The Kier molecular flexibility index (Phi) is 6.08. The molecule has 0 saturated carbocycles. The number of benzene rings is 2. The van der Waals surface area contributed by atoms with Crippen LogP contribution in [0.2, 0.25) is 0 Å². The van der Waals surface area contributed by atoms with Crippen molar-refractivity contribution in [3.05, 3.63) is 53.6 Å². The second kappa shape index (κ2) is 8.91. The molecule has 1 fully saturated rings. The van der Waals surface area contributed by atoms with Crippen molar-refractivity contribution in [1.82, 2.24) is 4.57 Å². The summed E-state index contributed by atoms with van der Waals surface area (Å²) in [5.74, 6) is 0.105. The smallest absolute Gasteiger partial charge is 0.225 e. The van der Waals surface area contributed by atoms with Crippen molar-refractivity contribution in [2.45, 2.75) is 20.5 Å². The predicted molar refractivity (Wildman–Crippen MR) is 122 cm³/mol. The van der Waals surface area contributed by atoms with E-state index in [2.05, 4.69) is 28.5 Å². The number of rotatable bonds is 4. The molecule has 0 amide bonds. The Labute approximate surface area is 181 Å². The summed E-state index contributed by atoms with van der Waals surface area (Å²) in [5, 5.41) is 23.6. The van der Waals surface area contributed by atoms with E-state index in [1.165, 1.54) is 10.5 Å². The SMILES string of the molecule is Cc1cccc(NC(=S)N=Nc2c(O)n(C[NH+]3CCOCC3)c3ccccc23)c1C. The third kappa shape index (κ3) is 4.21. The van der Waals surface area contributed by atoms with Crippen LogP contribution in [-0.2, 0) is 11.4 Å². The van der Waals surface area contributed by atoms with E-state index in [4.69, 9.17) is 17.0 Å². The van der Waals surface area contributed by atoms with Gasteiger partial charge in [0.25, 0.3) is 0 Å². The van der Waals surface area contributed by atoms with Gasteiger partial charge in [0.05, 0.1) is 18.7 Å². The zero-order valence-corrected chi connectivity index (χ0v) is 18.0. The third-order valence-electron chi connectivity index (χ3n) is 5.59. The first kappa shape index (κ1) is 20.5. The first-order valence-corrected chi connectivity index (χ1v) is 10.5. The van der Waals surface area contributed by atoms with Gasteiger partial charge >= 0.3 is 0 Å². The van der Waals surface area contributed by atoms with Gasteiger partial charge in [0.15, 0.2) is 12.4 Å². The Morgan fingerprint density at radius 1 is 1.17 bits per heavy atom. The summed E-state index contributed by atoms with van der Waals surface area (Å²) >= 11 is 5.36. The number of aryl methyl sites for hydroxylation is 1. The molecule has 1 aliphatic heterocycles. The lowest BCUT2D eigenvalue weighted by molar-refractivity contribution is -0.930. The summed E-state index contributed by atoms with van der Waals surface area (Å²) in [4.78, 5) is 1.35. The zero-order chi connectivity index (χ0) is 21.1. The van der Waals surface area contributed by atoms with Crippen LogP contribution in [0.1, 0.15) is 11.1 Å². The van der Waals surface area contributed by atoms with Crippen molar-refractivity contribution in [2.75, 3.05) is 31.6 Å². The van der Waals surface area contributed by atoms with Crippen LogP contribution in [0.15, 0.2) is 52.7 Å². The molecule has 0 atom stereocenters. The van der Waals surface area contributed by atoms with E-state index in [1.807, 2.05) is 47.9 Å². The minimum absolute atomic E-state index is 0.105. The minimum Gasteiger partial charge on any atom is -0.493 e. The van der Waals surface area contributed by atoms with E-state index in [0.29, 0.717) is 12.4 Å². The van der Waals surface area contributed by atoms with Crippen LogP contribution < -0.4 is 10.2 Å². The summed E-state index contributed by atoms with van der Waals surface area (Å²) in [6.07, 6.45) is 0. The van der Waals surface area contributed by atoms with E-state index < -0.39 is 0 Å². The molecule has 0 spiro atoms. The number of aromatic nitrogens is 1. The van der Waals surface area contributed by atoms with Crippen LogP contribution in [-0.4, -0.2) is 41.1 Å². The fraction of sp³-hybridized carbons (Fsp3) is 0.318. The van der Waals surface area contributed by atoms with Crippen molar-refractivity contribution in [1.29, 1.82) is 0 Å². The molecule has 1 aromatic heterocycles. The van der Waals surface area contributed by atoms with Crippen LogP contribution >= 0.6 is 12.2 Å². The average molecular weight is 425 g/mol. The average Bonchev–Trinajstić information content (AvgIpc) is 3.02. The molecule has 3 N–H and O–H groups in total. The topological polar surface area (TPSA) is 75.6 Å². The van der Waals surface area contributed by atoms with Gasteiger partial charge in [-0.1, -0.05) is 30.3 Å². The van der Waals surface area contributed by atoms with Gasteiger partial charge < -0.3 is 20.1 Å². The van der Waals surface area contributed by atoms with Gasteiger partial charge in [0.2, 0.25) is 11.0 Å². The summed E-state index contributed by atoms with van der Waals surface area (Å²) in [6.45, 7) is 8.02. The van der Waals surface area contributed by atoms with E-state index >= 15 is 0 Å². The molecule has 1 saturated heterocycles. The summed E-state index contributed by atoms with van der Waals surface area (Å²) < 4.78 is 7.34. The number of hydrogen-bond donors (Lipinski definition) is 3. The summed E-state index contributed by atoms with van der Waals surface area (Å²) in [7, 11) is 0. The van der Waals surface area contributed by atoms with Crippen molar-refractivity contribution < 1.29 is 14.7 Å². The number of thiocarbonyl (C=S) groups is 1. The fourth-order valence-corrected chi connectivity index (χ4v) is 3.84. The Morgan fingerprint density at radius 3 is 2.73 bits per heavy atom. The Balaban J connectivity index is 1.59. The van der Waals surface area contributed by atoms with Crippen LogP contribution in [0.4, 0.5) is 11.4 Å². The number of quaternary nitrogens is 1.